The maximum absolute atomic E-state index is 12.8. The van der Waals surface area contributed by atoms with E-state index in [1.807, 2.05) is 41.3 Å². The van der Waals surface area contributed by atoms with E-state index in [4.69, 9.17) is 16.6 Å². The first kappa shape index (κ1) is 19.4. The van der Waals surface area contributed by atoms with Gasteiger partial charge in [-0.25, -0.2) is 4.98 Å². The maximum atomic E-state index is 12.8. The van der Waals surface area contributed by atoms with E-state index in [0.29, 0.717) is 17.5 Å². The third kappa shape index (κ3) is 4.37. The maximum Gasteiger partial charge on any atom is 0.236 e. The predicted molar refractivity (Wildman–Crippen MR) is 116 cm³/mol. The summed E-state index contributed by atoms with van der Waals surface area (Å²) in [6.45, 7) is 3.97. The van der Waals surface area contributed by atoms with Crippen molar-refractivity contribution in [1.82, 2.24) is 15.2 Å². The molecule has 2 atom stereocenters. The summed E-state index contributed by atoms with van der Waals surface area (Å²) in [5.41, 5.74) is 2.15. The summed E-state index contributed by atoms with van der Waals surface area (Å²) in [4.78, 5) is 19.6. The Morgan fingerprint density at radius 3 is 3.00 bits per heavy atom. The minimum atomic E-state index is 0.0764. The largest absolute Gasteiger partial charge is 0.341 e. The molecule has 1 amide bonds. The molecule has 0 unspecified atom stereocenters. The van der Waals surface area contributed by atoms with E-state index >= 15 is 0 Å². The number of thiazole rings is 1. The van der Waals surface area contributed by atoms with Gasteiger partial charge in [-0.2, -0.15) is 0 Å². The van der Waals surface area contributed by atoms with Gasteiger partial charge in [-0.1, -0.05) is 35.9 Å². The molecule has 3 aromatic rings. The molecule has 1 saturated heterocycles. The molecular formula is C22H24ClN3OS. The topological polar surface area (TPSA) is 45.2 Å². The van der Waals surface area contributed by atoms with Crippen molar-refractivity contribution in [1.29, 1.82) is 0 Å². The summed E-state index contributed by atoms with van der Waals surface area (Å²) >= 11 is 7.83. The minimum Gasteiger partial charge on any atom is -0.341 e. The summed E-state index contributed by atoms with van der Waals surface area (Å²) in [5, 5.41) is 5.20. The fourth-order valence-corrected chi connectivity index (χ4v) is 5.01. The molecule has 0 bridgehead atoms. The van der Waals surface area contributed by atoms with Crippen molar-refractivity contribution >= 4 is 39.1 Å². The Kier molecular flexibility index (Phi) is 5.95. The van der Waals surface area contributed by atoms with Crippen molar-refractivity contribution in [2.45, 2.75) is 31.7 Å². The number of piperidine rings is 1. The number of halogens is 1. The second kappa shape index (κ2) is 8.60. The summed E-state index contributed by atoms with van der Waals surface area (Å²) < 4.78 is 1.22. The van der Waals surface area contributed by atoms with E-state index in [1.165, 1.54) is 4.70 Å². The number of carbonyl (C=O) groups is 1. The summed E-state index contributed by atoms with van der Waals surface area (Å²) in [6, 6.07) is 16.1. The van der Waals surface area contributed by atoms with Gasteiger partial charge in [0.2, 0.25) is 5.91 Å². The average Bonchev–Trinajstić information content (AvgIpc) is 3.16. The molecule has 0 saturated carbocycles. The summed E-state index contributed by atoms with van der Waals surface area (Å²) in [6.07, 6.45) is 2.12. The number of hydrogen-bond acceptors (Lipinski definition) is 4. The second-order valence-electron chi connectivity index (χ2n) is 7.36. The number of likely N-dealkylation sites (tertiary alicyclic amines) is 1. The van der Waals surface area contributed by atoms with Crippen molar-refractivity contribution < 1.29 is 4.79 Å². The van der Waals surface area contributed by atoms with Gasteiger partial charge in [0, 0.05) is 30.1 Å². The van der Waals surface area contributed by atoms with E-state index in [1.54, 1.807) is 11.3 Å². The van der Waals surface area contributed by atoms with Crippen molar-refractivity contribution in [2.75, 3.05) is 19.6 Å². The van der Waals surface area contributed by atoms with E-state index in [2.05, 4.69) is 24.4 Å². The Bertz CT molecular complexity index is 940. The molecule has 6 heteroatoms. The van der Waals surface area contributed by atoms with Crippen molar-refractivity contribution in [2.24, 2.45) is 0 Å². The zero-order valence-electron chi connectivity index (χ0n) is 15.9. The number of amides is 1. The molecule has 0 aliphatic carbocycles. The van der Waals surface area contributed by atoms with Crippen LogP contribution in [0.25, 0.3) is 10.2 Å². The van der Waals surface area contributed by atoms with E-state index in [-0.39, 0.29) is 11.9 Å². The lowest BCUT2D eigenvalue weighted by molar-refractivity contribution is -0.131. The molecule has 2 aromatic carbocycles. The van der Waals surface area contributed by atoms with Crippen LogP contribution >= 0.6 is 22.9 Å². The highest BCUT2D eigenvalue weighted by molar-refractivity contribution is 7.18. The molecular weight excluding hydrogens is 390 g/mol. The zero-order valence-corrected chi connectivity index (χ0v) is 17.5. The quantitative estimate of drug-likeness (QED) is 0.639. The Labute approximate surface area is 174 Å². The van der Waals surface area contributed by atoms with Gasteiger partial charge < -0.3 is 10.2 Å². The van der Waals surface area contributed by atoms with Crippen LogP contribution < -0.4 is 5.32 Å². The molecule has 4 rings (SSSR count). The Morgan fingerprint density at radius 2 is 2.18 bits per heavy atom. The van der Waals surface area contributed by atoms with Gasteiger partial charge in [0.1, 0.15) is 0 Å². The molecule has 1 aromatic heterocycles. The number of carbonyl (C=O) groups excluding carboxylic acids is 1. The predicted octanol–water partition coefficient (Wildman–Crippen LogP) is 5.01. The fourth-order valence-electron chi connectivity index (χ4n) is 3.72. The summed E-state index contributed by atoms with van der Waals surface area (Å²) in [5.74, 6) is 0.486. The van der Waals surface area contributed by atoms with Gasteiger partial charge in [0.05, 0.1) is 21.8 Å². The standard InChI is InChI=1S/C22H24ClN3OS/c1-15(16-6-4-8-18(23)12-16)24-13-21(27)26-11-5-7-17(14-26)22-25-19-9-2-3-10-20(19)28-22/h2-4,6,8-10,12,15,17,24H,5,7,11,13-14H2,1H3/t15-,17-/m1/s1. The van der Waals surface area contributed by atoms with Crippen LogP contribution in [0.3, 0.4) is 0 Å². The number of nitrogens with one attached hydrogen (secondary N) is 1. The van der Waals surface area contributed by atoms with Crippen LogP contribution in [-0.2, 0) is 4.79 Å². The van der Waals surface area contributed by atoms with Crippen molar-refractivity contribution in [3.8, 4) is 0 Å². The molecule has 1 aliphatic rings. The van der Waals surface area contributed by atoms with Crippen LogP contribution in [0, 0.1) is 0 Å². The highest BCUT2D eigenvalue weighted by atomic mass is 35.5. The lowest BCUT2D eigenvalue weighted by Crippen LogP contribution is -2.43. The molecule has 146 valence electrons. The number of benzene rings is 2. The van der Waals surface area contributed by atoms with Gasteiger partial charge >= 0.3 is 0 Å². The smallest absolute Gasteiger partial charge is 0.236 e. The molecule has 0 spiro atoms. The highest BCUT2D eigenvalue weighted by Crippen LogP contribution is 2.33. The van der Waals surface area contributed by atoms with E-state index in [9.17, 15) is 4.79 Å². The third-order valence-corrected chi connectivity index (χ3v) is 6.78. The molecule has 1 fully saturated rings. The molecule has 4 nitrogen and oxygen atoms in total. The van der Waals surface area contributed by atoms with Gasteiger partial charge in [-0.05, 0) is 49.6 Å². The number of fused-ring (bicyclic) bond motifs is 1. The molecule has 0 radical (unpaired) electrons. The summed E-state index contributed by atoms with van der Waals surface area (Å²) in [7, 11) is 0. The third-order valence-electron chi connectivity index (χ3n) is 5.34. The molecule has 2 heterocycles. The first-order valence-electron chi connectivity index (χ1n) is 9.72. The number of hydrogen-bond donors (Lipinski definition) is 1. The van der Waals surface area contributed by atoms with Gasteiger partial charge in [0.25, 0.3) is 0 Å². The molecule has 1 N–H and O–H groups in total. The van der Waals surface area contributed by atoms with Gasteiger partial charge in [-0.15, -0.1) is 11.3 Å². The van der Waals surface area contributed by atoms with Crippen LogP contribution in [-0.4, -0.2) is 35.4 Å². The van der Waals surface area contributed by atoms with Gasteiger partial charge in [0.15, 0.2) is 0 Å². The first-order chi connectivity index (χ1) is 13.6. The Hall–Kier alpha value is -1.95. The lowest BCUT2D eigenvalue weighted by atomic mass is 9.98. The van der Waals surface area contributed by atoms with Crippen LogP contribution in [0.5, 0.6) is 0 Å². The Morgan fingerprint density at radius 1 is 1.32 bits per heavy atom. The number of rotatable bonds is 5. The number of aromatic nitrogens is 1. The van der Waals surface area contributed by atoms with Crippen LogP contribution in [0.2, 0.25) is 5.02 Å². The van der Waals surface area contributed by atoms with Crippen LogP contribution in [0.15, 0.2) is 48.5 Å². The average molecular weight is 414 g/mol. The number of para-hydroxylation sites is 1. The lowest BCUT2D eigenvalue weighted by Gasteiger charge is -2.32. The molecule has 1 aliphatic heterocycles. The monoisotopic (exact) mass is 413 g/mol. The number of nitrogens with zero attached hydrogens (tertiary/aromatic N) is 2. The fraction of sp³-hybridized carbons (Fsp3) is 0.364. The normalized spacial score (nSPS) is 18.4. The SMILES string of the molecule is C[C@@H](NCC(=O)N1CCC[C@@H](c2nc3ccccc3s2)C1)c1cccc(Cl)c1. The van der Waals surface area contributed by atoms with E-state index < -0.39 is 0 Å². The zero-order chi connectivity index (χ0) is 19.5. The second-order valence-corrected chi connectivity index (χ2v) is 8.85. The van der Waals surface area contributed by atoms with E-state index in [0.717, 1.165) is 42.0 Å². The van der Waals surface area contributed by atoms with Crippen molar-refractivity contribution in [3.05, 3.63) is 64.1 Å². The van der Waals surface area contributed by atoms with Gasteiger partial charge in [-0.3, -0.25) is 4.79 Å². The van der Waals surface area contributed by atoms with Crippen LogP contribution in [0.4, 0.5) is 0 Å². The van der Waals surface area contributed by atoms with Crippen LogP contribution in [0.1, 0.15) is 42.3 Å². The van der Waals surface area contributed by atoms with Crippen molar-refractivity contribution in [3.63, 3.8) is 0 Å². The highest BCUT2D eigenvalue weighted by Gasteiger charge is 2.27. The first-order valence-corrected chi connectivity index (χ1v) is 10.9. The molecule has 28 heavy (non-hydrogen) atoms. The Balaban J connectivity index is 1.36. The minimum absolute atomic E-state index is 0.0764.